The molecule has 3 aromatic rings. The van der Waals surface area contributed by atoms with Gasteiger partial charge in [-0.05, 0) is 67.3 Å². The maximum atomic E-state index is 13.8. The summed E-state index contributed by atoms with van der Waals surface area (Å²) in [4.78, 5) is 18.0. The quantitative estimate of drug-likeness (QED) is 0.329. The van der Waals surface area contributed by atoms with E-state index in [4.69, 9.17) is 30.8 Å². The first-order chi connectivity index (χ1) is 17.8. The number of hydrogen-bond donors (Lipinski definition) is 1. The Morgan fingerprint density at radius 3 is 2.46 bits per heavy atom. The van der Waals surface area contributed by atoms with E-state index in [1.54, 1.807) is 31.4 Å². The average molecular weight is 531 g/mol. The van der Waals surface area contributed by atoms with Crippen LogP contribution in [0.4, 0.5) is 8.78 Å². The van der Waals surface area contributed by atoms with Gasteiger partial charge in [-0.1, -0.05) is 18.5 Å². The van der Waals surface area contributed by atoms with Crippen LogP contribution in [0.3, 0.4) is 0 Å². The van der Waals surface area contributed by atoms with Crippen molar-refractivity contribution in [3.8, 4) is 28.5 Å². The molecule has 9 heteroatoms. The lowest BCUT2D eigenvalue weighted by atomic mass is 9.80. The Morgan fingerprint density at radius 2 is 1.81 bits per heavy atom. The topological polar surface area (TPSA) is 69.7 Å². The molecule has 196 valence electrons. The minimum absolute atomic E-state index is 0.000477. The third-order valence-electron chi connectivity index (χ3n) is 6.71. The van der Waals surface area contributed by atoms with Gasteiger partial charge in [0.15, 0.2) is 11.5 Å². The molecule has 0 radical (unpaired) electrons. The molecule has 1 aromatic heterocycles. The third-order valence-corrected chi connectivity index (χ3v) is 7.00. The number of ether oxygens (including phenoxy) is 3. The lowest BCUT2D eigenvalue weighted by Crippen LogP contribution is -2.41. The Hall–Kier alpha value is -3.39. The maximum absolute atomic E-state index is 13.8. The van der Waals surface area contributed by atoms with Gasteiger partial charge >= 0.3 is 0 Å². The summed E-state index contributed by atoms with van der Waals surface area (Å²) in [7, 11) is 3.01. The lowest BCUT2D eigenvalue weighted by molar-refractivity contribution is 0.0941. The predicted molar refractivity (Wildman–Crippen MR) is 138 cm³/mol. The molecule has 37 heavy (non-hydrogen) atoms. The monoisotopic (exact) mass is 530 g/mol. The number of pyridine rings is 1. The molecule has 1 aliphatic rings. The van der Waals surface area contributed by atoms with E-state index >= 15 is 0 Å². The van der Waals surface area contributed by atoms with Crippen molar-refractivity contribution in [2.24, 2.45) is 5.92 Å². The zero-order chi connectivity index (χ0) is 26.6. The molecular weight excluding hydrogens is 502 g/mol. The molecule has 0 saturated heterocycles. The molecule has 1 N–H and O–H groups in total. The van der Waals surface area contributed by atoms with Crippen LogP contribution in [0.1, 0.15) is 35.8 Å². The zero-order valence-corrected chi connectivity index (χ0v) is 21.7. The highest BCUT2D eigenvalue weighted by molar-refractivity contribution is 6.31. The van der Waals surface area contributed by atoms with Crippen LogP contribution >= 0.6 is 11.6 Å². The molecule has 1 atom stereocenters. The van der Waals surface area contributed by atoms with Crippen LogP contribution in [0.2, 0.25) is 5.02 Å². The second-order valence-electron chi connectivity index (χ2n) is 9.15. The Morgan fingerprint density at radius 1 is 1.08 bits per heavy atom. The fraction of sp³-hybridized carbons (Fsp3) is 0.357. The van der Waals surface area contributed by atoms with E-state index in [0.717, 1.165) is 18.5 Å². The lowest BCUT2D eigenvalue weighted by Gasteiger charge is -2.30. The van der Waals surface area contributed by atoms with Crippen LogP contribution in [0.15, 0.2) is 48.5 Å². The summed E-state index contributed by atoms with van der Waals surface area (Å²) in [6.45, 7) is 1.71. The van der Waals surface area contributed by atoms with Crippen molar-refractivity contribution < 1.29 is 27.8 Å². The van der Waals surface area contributed by atoms with E-state index in [0.29, 0.717) is 46.5 Å². The molecule has 6 nitrogen and oxygen atoms in total. The highest BCUT2D eigenvalue weighted by atomic mass is 35.5. The van der Waals surface area contributed by atoms with Crippen molar-refractivity contribution in [1.29, 1.82) is 0 Å². The van der Waals surface area contributed by atoms with Crippen LogP contribution in [0.5, 0.6) is 17.2 Å². The third kappa shape index (κ3) is 5.80. The molecule has 2 aromatic carbocycles. The molecule has 1 unspecified atom stereocenters. The number of nitrogens with one attached hydrogen (secondary N) is 1. The van der Waals surface area contributed by atoms with E-state index in [-0.39, 0.29) is 17.5 Å². The molecule has 4 rings (SSSR count). The molecule has 0 spiro atoms. The van der Waals surface area contributed by atoms with Gasteiger partial charge in [-0.2, -0.15) is 0 Å². The Labute approximate surface area is 219 Å². The summed E-state index contributed by atoms with van der Waals surface area (Å²) in [6.07, 6.45) is 2.04. The number of halogens is 3. The van der Waals surface area contributed by atoms with Crippen LogP contribution < -0.4 is 19.5 Å². The second-order valence-corrected chi connectivity index (χ2v) is 9.56. The number of benzene rings is 2. The van der Waals surface area contributed by atoms with Crippen LogP contribution in [0.25, 0.3) is 11.3 Å². The van der Waals surface area contributed by atoms with Crippen LogP contribution in [-0.2, 0) is 5.41 Å². The van der Waals surface area contributed by atoms with Crippen molar-refractivity contribution in [2.75, 3.05) is 34.0 Å². The van der Waals surface area contributed by atoms with Gasteiger partial charge in [0.1, 0.15) is 30.5 Å². The number of rotatable bonds is 11. The van der Waals surface area contributed by atoms with E-state index in [2.05, 4.69) is 12.2 Å². The van der Waals surface area contributed by atoms with Crippen molar-refractivity contribution in [3.05, 3.63) is 70.6 Å². The highest BCUT2D eigenvalue weighted by Gasteiger charge is 2.44. The van der Waals surface area contributed by atoms with E-state index < -0.39 is 17.9 Å². The number of aromatic nitrogens is 1. The molecule has 0 bridgehead atoms. The number of carbonyl (C=O) groups excluding carboxylic acids is 1. The minimum Gasteiger partial charge on any atom is -0.494 e. The summed E-state index contributed by atoms with van der Waals surface area (Å²) >= 11 is 6.02. The largest absolute Gasteiger partial charge is 0.494 e. The normalized spacial score (nSPS) is 14.5. The number of carbonyl (C=O) groups is 1. The molecule has 1 amide bonds. The van der Waals surface area contributed by atoms with Gasteiger partial charge in [0, 0.05) is 28.8 Å². The van der Waals surface area contributed by atoms with Gasteiger partial charge in [-0.3, -0.25) is 4.79 Å². The maximum Gasteiger partial charge on any atom is 0.251 e. The highest BCUT2D eigenvalue weighted by Crippen LogP contribution is 2.47. The number of nitrogens with zero attached hydrogens (tertiary/aromatic N) is 1. The van der Waals surface area contributed by atoms with Crippen molar-refractivity contribution >= 4 is 17.5 Å². The summed E-state index contributed by atoms with van der Waals surface area (Å²) in [5, 5.41) is 3.04. The van der Waals surface area contributed by atoms with Gasteiger partial charge in [0.05, 0.1) is 19.2 Å². The first-order valence-electron chi connectivity index (χ1n) is 12.0. The average Bonchev–Trinajstić information content (AvgIpc) is 3.77. The predicted octanol–water partition coefficient (Wildman–Crippen LogP) is 6.00. The van der Waals surface area contributed by atoms with Crippen molar-refractivity contribution in [2.45, 2.75) is 25.2 Å². The number of hydrogen-bond acceptors (Lipinski definition) is 5. The first kappa shape index (κ1) is 26.7. The van der Waals surface area contributed by atoms with Gasteiger partial charge in [0.2, 0.25) is 0 Å². The van der Waals surface area contributed by atoms with E-state index in [1.807, 2.05) is 12.1 Å². The van der Waals surface area contributed by atoms with Crippen LogP contribution in [-0.4, -0.2) is 44.9 Å². The van der Waals surface area contributed by atoms with Crippen LogP contribution in [0, 0.1) is 11.7 Å². The second kappa shape index (κ2) is 11.3. The zero-order valence-electron chi connectivity index (χ0n) is 20.9. The minimum atomic E-state index is -0.625. The van der Waals surface area contributed by atoms with Gasteiger partial charge in [-0.25, -0.2) is 13.8 Å². The fourth-order valence-corrected chi connectivity index (χ4v) is 4.57. The molecule has 0 aliphatic heterocycles. The first-order valence-corrected chi connectivity index (χ1v) is 12.3. The summed E-state index contributed by atoms with van der Waals surface area (Å²) in [5.74, 6) is 0.812. The van der Waals surface area contributed by atoms with E-state index in [9.17, 15) is 13.6 Å². The number of amides is 1. The SMILES string of the molecule is COc1cc(C(=O)NCC(C)(c2ccc(OC)c(-c3ccc(F)c(Cl)c3)n2)C2CC2)ccc1OCCF. The number of alkyl halides is 1. The van der Waals surface area contributed by atoms with E-state index in [1.165, 1.54) is 19.2 Å². The summed E-state index contributed by atoms with van der Waals surface area (Å²) < 4.78 is 42.4. The molecular formula is C28H29ClF2N2O4. The smallest absolute Gasteiger partial charge is 0.251 e. The summed E-state index contributed by atoms with van der Waals surface area (Å²) in [5.41, 5.74) is 1.92. The Kier molecular flexibility index (Phi) is 8.17. The van der Waals surface area contributed by atoms with Crippen molar-refractivity contribution in [3.63, 3.8) is 0 Å². The Balaban J connectivity index is 1.59. The standard InChI is InChI=1S/C28H29ClF2N2O4/c1-28(19-6-7-19,16-32-27(34)18-5-9-22(37-13-12-30)24(15-18)36-3)25-11-10-23(35-2)26(33-25)17-4-8-21(31)20(29)14-17/h4-5,8-11,14-15,19H,6-7,12-13,16H2,1-3H3,(H,32,34). The summed E-state index contributed by atoms with van der Waals surface area (Å²) in [6, 6.07) is 12.9. The molecule has 1 heterocycles. The number of methoxy groups -OCH3 is 2. The fourth-order valence-electron chi connectivity index (χ4n) is 4.39. The Bertz CT molecular complexity index is 1290. The van der Waals surface area contributed by atoms with Gasteiger partial charge < -0.3 is 19.5 Å². The molecule has 1 aliphatic carbocycles. The van der Waals surface area contributed by atoms with Crippen molar-refractivity contribution in [1.82, 2.24) is 10.3 Å². The molecule has 1 saturated carbocycles. The van der Waals surface area contributed by atoms with Gasteiger partial charge in [0.25, 0.3) is 5.91 Å². The van der Waals surface area contributed by atoms with Gasteiger partial charge in [-0.15, -0.1) is 0 Å². The molecule has 1 fully saturated rings.